The van der Waals surface area contributed by atoms with Gasteiger partial charge in [0.25, 0.3) is 0 Å². The van der Waals surface area contributed by atoms with E-state index in [0.717, 1.165) is 0 Å². The molecule has 0 saturated heterocycles. The van der Waals surface area contributed by atoms with Crippen LogP contribution in [-0.4, -0.2) is 28.9 Å². The number of Topliss-reactive ketones (excluding diaryl/α,β-unsaturated/α-hetero) is 1. The van der Waals surface area contributed by atoms with Gasteiger partial charge in [0.2, 0.25) is 11.7 Å². The molecular weight excluding hydrogens is 348 g/mol. The molecule has 27 heavy (non-hydrogen) atoms. The molecule has 0 saturated carbocycles. The zero-order valence-electron chi connectivity index (χ0n) is 16.4. The van der Waals surface area contributed by atoms with E-state index in [4.69, 9.17) is 9.26 Å². The fraction of sp³-hybridized carbons (Fsp3) is 0.400. The number of ether oxygens (including phenoxy) is 1. The predicted octanol–water partition coefficient (Wildman–Crippen LogP) is 3.70. The van der Waals surface area contributed by atoms with Crippen molar-refractivity contribution in [1.82, 2.24) is 5.16 Å². The van der Waals surface area contributed by atoms with E-state index in [2.05, 4.69) is 10.5 Å². The van der Waals surface area contributed by atoms with Gasteiger partial charge < -0.3 is 14.6 Å². The summed E-state index contributed by atoms with van der Waals surface area (Å²) in [5.41, 5.74) is 1.09. The zero-order valence-corrected chi connectivity index (χ0v) is 16.4. The number of hydrogen-bond acceptors (Lipinski definition) is 6. The second kappa shape index (κ2) is 7.73. The molecule has 1 aromatic heterocycles. The number of aromatic nitrogens is 1. The van der Waals surface area contributed by atoms with E-state index in [1.807, 2.05) is 20.8 Å². The molecule has 0 unspecified atom stereocenters. The van der Waals surface area contributed by atoms with Crippen molar-refractivity contribution in [3.63, 3.8) is 0 Å². The van der Waals surface area contributed by atoms with E-state index in [1.54, 1.807) is 38.1 Å². The summed E-state index contributed by atoms with van der Waals surface area (Å²) >= 11 is 0. The molecule has 1 heterocycles. The van der Waals surface area contributed by atoms with Crippen molar-refractivity contribution in [1.29, 1.82) is 0 Å². The van der Waals surface area contributed by atoms with Crippen molar-refractivity contribution in [2.24, 2.45) is 5.41 Å². The van der Waals surface area contributed by atoms with Gasteiger partial charge in [-0.1, -0.05) is 25.9 Å². The van der Waals surface area contributed by atoms with Crippen molar-refractivity contribution in [2.75, 3.05) is 5.32 Å². The number of ketones is 1. The number of carbonyl (C=O) groups excluding carboxylic acids is 3. The van der Waals surface area contributed by atoms with Gasteiger partial charge in [0.15, 0.2) is 6.10 Å². The third-order valence-corrected chi connectivity index (χ3v) is 4.00. The Hall–Kier alpha value is -2.96. The molecule has 7 nitrogen and oxygen atoms in total. The minimum Gasteiger partial charge on any atom is -0.451 e. The summed E-state index contributed by atoms with van der Waals surface area (Å²) in [6.07, 6.45) is -0.971. The third-order valence-electron chi connectivity index (χ3n) is 4.00. The van der Waals surface area contributed by atoms with E-state index in [1.165, 1.54) is 6.92 Å². The Kier molecular flexibility index (Phi) is 5.83. The SMILES string of the molecule is Cc1noc(C)c1C(=O)O[C@H](C)C(=O)c1ccc(NC(=O)C(C)(C)C)cc1. The monoisotopic (exact) mass is 372 g/mol. The molecule has 1 amide bonds. The second-order valence-corrected chi connectivity index (χ2v) is 7.39. The lowest BCUT2D eigenvalue weighted by molar-refractivity contribution is -0.123. The van der Waals surface area contributed by atoms with Crippen LogP contribution in [0.15, 0.2) is 28.8 Å². The van der Waals surface area contributed by atoms with Crippen LogP contribution < -0.4 is 5.32 Å². The number of anilines is 1. The topological polar surface area (TPSA) is 98.5 Å². The molecule has 1 atom stereocenters. The van der Waals surface area contributed by atoms with Crippen LogP contribution in [0.2, 0.25) is 0 Å². The van der Waals surface area contributed by atoms with Crippen molar-refractivity contribution in [2.45, 2.75) is 47.6 Å². The van der Waals surface area contributed by atoms with Crippen LogP contribution in [0.4, 0.5) is 5.69 Å². The normalized spacial score (nSPS) is 12.4. The molecule has 144 valence electrons. The molecule has 7 heteroatoms. The fourth-order valence-corrected chi connectivity index (χ4v) is 2.32. The summed E-state index contributed by atoms with van der Waals surface area (Å²) in [6.45, 7) is 10.2. The van der Waals surface area contributed by atoms with Crippen molar-refractivity contribution < 1.29 is 23.6 Å². The molecule has 0 aliphatic rings. The van der Waals surface area contributed by atoms with Gasteiger partial charge in [0, 0.05) is 16.7 Å². The number of nitrogens with zero attached hydrogens (tertiary/aromatic N) is 1. The number of aryl methyl sites for hydroxylation is 2. The first-order chi connectivity index (χ1) is 12.5. The summed E-state index contributed by atoms with van der Waals surface area (Å²) in [5, 5.41) is 6.49. The Morgan fingerprint density at radius 1 is 1.11 bits per heavy atom. The first-order valence-corrected chi connectivity index (χ1v) is 8.60. The lowest BCUT2D eigenvalue weighted by Crippen LogP contribution is -2.27. The van der Waals surface area contributed by atoms with Crippen molar-refractivity contribution in [3.05, 3.63) is 46.8 Å². The quantitative estimate of drug-likeness (QED) is 0.635. The van der Waals surface area contributed by atoms with E-state index in [9.17, 15) is 14.4 Å². The number of rotatable bonds is 5. The molecule has 2 rings (SSSR count). The molecular formula is C20H24N2O5. The van der Waals surface area contributed by atoms with Crippen LogP contribution in [0, 0.1) is 19.3 Å². The largest absolute Gasteiger partial charge is 0.451 e. The minimum atomic E-state index is -0.971. The molecule has 0 fully saturated rings. The number of amides is 1. The molecule has 0 radical (unpaired) electrons. The first-order valence-electron chi connectivity index (χ1n) is 8.60. The maximum atomic E-state index is 12.5. The van der Waals surface area contributed by atoms with Crippen molar-refractivity contribution >= 4 is 23.3 Å². The predicted molar refractivity (Wildman–Crippen MR) is 99.7 cm³/mol. The molecule has 1 aromatic carbocycles. The first kappa shape index (κ1) is 20.4. The van der Waals surface area contributed by atoms with Gasteiger partial charge in [-0.25, -0.2) is 4.79 Å². The highest BCUT2D eigenvalue weighted by Crippen LogP contribution is 2.19. The van der Waals surface area contributed by atoms with E-state index in [0.29, 0.717) is 22.7 Å². The van der Waals surface area contributed by atoms with Crippen LogP contribution in [0.5, 0.6) is 0 Å². The summed E-state index contributed by atoms with van der Waals surface area (Å²) in [6, 6.07) is 6.45. The maximum Gasteiger partial charge on any atom is 0.344 e. The van der Waals surface area contributed by atoms with Gasteiger partial charge in [-0.2, -0.15) is 0 Å². The van der Waals surface area contributed by atoms with Crippen LogP contribution >= 0.6 is 0 Å². The van der Waals surface area contributed by atoms with Crippen LogP contribution in [0.1, 0.15) is 59.9 Å². The third kappa shape index (κ3) is 4.81. The van der Waals surface area contributed by atoms with Gasteiger partial charge in [-0.15, -0.1) is 0 Å². The van der Waals surface area contributed by atoms with Gasteiger partial charge in [0.1, 0.15) is 11.3 Å². The molecule has 1 N–H and O–H groups in total. The van der Waals surface area contributed by atoms with Gasteiger partial charge in [0.05, 0.1) is 5.69 Å². The standard InChI is InChI=1S/C20H24N2O5/c1-11-16(12(2)27-22-11)18(24)26-13(3)17(23)14-7-9-15(10-8-14)21-19(25)20(4,5)6/h7-10,13H,1-6H3,(H,21,25)/t13-/m1/s1. The van der Waals surface area contributed by atoms with Crippen LogP contribution in [-0.2, 0) is 9.53 Å². The van der Waals surface area contributed by atoms with Gasteiger partial charge in [-0.05, 0) is 45.0 Å². The molecule has 0 aliphatic heterocycles. The Bertz CT molecular complexity index is 840. The molecule has 0 aliphatic carbocycles. The minimum absolute atomic E-state index is 0.122. The average Bonchev–Trinajstić information content (AvgIpc) is 2.92. The Labute approximate surface area is 158 Å². The summed E-state index contributed by atoms with van der Waals surface area (Å²) in [7, 11) is 0. The highest BCUT2D eigenvalue weighted by molar-refractivity contribution is 6.02. The highest BCUT2D eigenvalue weighted by atomic mass is 16.5. The number of hydrogen-bond donors (Lipinski definition) is 1. The Morgan fingerprint density at radius 2 is 1.70 bits per heavy atom. The number of benzene rings is 1. The number of nitrogens with one attached hydrogen (secondary N) is 1. The summed E-state index contributed by atoms with van der Waals surface area (Å²) < 4.78 is 10.2. The second-order valence-electron chi connectivity index (χ2n) is 7.39. The molecule has 2 aromatic rings. The van der Waals surface area contributed by atoms with E-state index < -0.39 is 17.5 Å². The molecule has 0 spiro atoms. The highest BCUT2D eigenvalue weighted by Gasteiger charge is 2.25. The van der Waals surface area contributed by atoms with Gasteiger partial charge >= 0.3 is 5.97 Å². The smallest absolute Gasteiger partial charge is 0.344 e. The Balaban J connectivity index is 2.04. The number of carbonyl (C=O) groups is 3. The maximum absolute atomic E-state index is 12.5. The lowest BCUT2D eigenvalue weighted by Gasteiger charge is -2.18. The van der Waals surface area contributed by atoms with E-state index >= 15 is 0 Å². The summed E-state index contributed by atoms with van der Waals surface area (Å²) in [5.74, 6) is -0.774. The summed E-state index contributed by atoms with van der Waals surface area (Å²) in [4.78, 5) is 36.8. The van der Waals surface area contributed by atoms with Crippen molar-refractivity contribution in [3.8, 4) is 0 Å². The molecule has 0 bridgehead atoms. The Morgan fingerprint density at radius 3 is 2.19 bits per heavy atom. The van der Waals surface area contributed by atoms with Crippen LogP contribution in [0.3, 0.4) is 0 Å². The fourth-order valence-electron chi connectivity index (χ4n) is 2.32. The zero-order chi connectivity index (χ0) is 20.4. The average molecular weight is 372 g/mol. The number of esters is 1. The van der Waals surface area contributed by atoms with Crippen LogP contribution in [0.25, 0.3) is 0 Å². The van der Waals surface area contributed by atoms with E-state index in [-0.39, 0.29) is 17.3 Å². The van der Waals surface area contributed by atoms with Gasteiger partial charge in [-0.3, -0.25) is 9.59 Å². The lowest BCUT2D eigenvalue weighted by atomic mass is 9.95.